The second kappa shape index (κ2) is 3.19. The minimum Gasteiger partial charge on any atom is -0.389 e. The van der Waals surface area contributed by atoms with Crippen molar-refractivity contribution in [3.63, 3.8) is 0 Å². The first-order valence-electron chi connectivity index (χ1n) is 5.81. The molecule has 3 saturated heterocycles. The van der Waals surface area contributed by atoms with Crippen molar-refractivity contribution < 1.29 is 9.84 Å². The summed E-state index contributed by atoms with van der Waals surface area (Å²) in [6.07, 6.45) is 3.21. The zero-order valence-corrected chi connectivity index (χ0v) is 8.61. The van der Waals surface area contributed by atoms with Crippen LogP contribution in [-0.2, 0) is 4.74 Å². The second-order valence-corrected chi connectivity index (χ2v) is 5.09. The quantitative estimate of drug-likeness (QED) is 0.663. The average Bonchev–Trinajstić information content (AvgIpc) is 2.84. The summed E-state index contributed by atoms with van der Waals surface area (Å²) in [5, 5.41) is 10.8. The molecule has 1 N–H and O–H groups in total. The number of rotatable bonds is 1. The topological polar surface area (TPSA) is 32.7 Å². The van der Waals surface area contributed by atoms with Crippen LogP contribution in [0.2, 0.25) is 0 Å². The van der Waals surface area contributed by atoms with Crippen LogP contribution in [0.4, 0.5) is 0 Å². The zero-order chi connectivity index (χ0) is 9.60. The standard InChI is InChI=1S/C11H19NO2/c13-11(10-2-6-14-8-10)3-5-12-4-1-9(11)7-12/h9-10,13H,1-8H2. The SMILES string of the molecule is OC1(C2CCOC2)CCN2CCC1C2. The number of hydrogen-bond acceptors (Lipinski definition) is 3. The molecule has 0 aliphatic carbocycles. The molecule has 3 heteroatoms. The number of piperidine rings is 1. The van der Waals surface area contributed by atoms with Crippen LogP contribution >= 0.6 is 0 Å². The highest BCUT2D eigenvalue weighted by atomic mass is 16.5. The molecule has 0 saturated carbocycles. The van der Waals surface area contributed by atoms with E-state index in [1.54, 1.807) is 0 Å². The maximum absolute atomic E-state index is 10.8. The number of nitrogens with zero attached hydrogens (tertiary/aromatic N) is 1. The number of hydrogen-bond donors (Lipinski definition) is 1. The molecule has 3 aliphatic heterocycles. The summed E-state index contributed by atoms with van der Waals surface area (Å²) in [6.45, 7) is 5.04. The predicted octanol–water partition coefficient (Wildman–Crippen LogP) is 0.480. The predicted molar refractivity (Wildman–Crippen MR) is 53.0 cm³/mol. The van der Waals surface area contributed by atoms with Crippen LogP contribution < -0.4 is 0 Å². The van der Waals surface area contributed by atoms with Crippen molar-refractivity contribution in [3.05, 3.63) is 0 Å². The second-order valence-electron chi connectivity index (χ2n) is 5.09. The summed E-state index contributed by atoms with van der Waals surface area (Å²) in [5.74, 6) is 0.927. The van der Waals surface area contributed by atoms with Crippen LogP contribution in [0.5, 0.6) is 0 Å². The number of fused-ring (bicyclic) bond motifs is 2. The monoisotopic (exact) mass is 197 g/mol. The van der Waals surface area contributed by atoms with E-state index in [1.807, 2.05) is 0 Å². The molecular formula is C11H19NO2. The van der Waals surface area contributed by atoms with E-state index in [4.69, 9.17) is 4.74 Å². The third-order valence-corrected chi connectivity index (χ3v) is 4.44. The molecule has 3 aliphatic rings. The van der Waals surface area contributed by atoms with Gasteiger partial charge in [0.2, 0.25) is 0 Å². The molecule has 3 rings (SSSR count). The van der Waals surface area contributed by atoms with Gasteiger partial charge in [-0.15, -0.1) is 0 Å². The summed E-state index contributed by atoms with van der Waals surface area (Å²) in [5.41, 5.74) is -0.399. The zero-order valence-electron chi connectivity index (χ0n) is 8.61. The molecule has 3 heterocycles. The van der Waals surface area contributed by atoms with Gasteiger partial charge in [-0.3, -0.25) is 0 Å². The highest BCUT2D eigenvalue weighted by Crippen LogP contribution is 2.42. The van der Waals surface area contributed by atoms with Crippen molar-refractivity contribution in [2.24, 2.45) is 11.8 Å². The van der Waals surface area contributed by atoms with Crippen LogP contribution in [0.25, 0.3) is 0 Å². The first kappa shape index (κ1) is 9.13. The van der Waals surface area contributed by atoms with Crippen molar-refractivity contribution in [2.45, 2.75) is 24.9 Å². The Morgan fingerprint density at radius 3 is 2.93 bits per heavy atom. The molecule has 4 atom stereocenters. The molecule has 3 nitrogen and oxygen atoms in total. The van der Waals surface area contributed by atoms with Crippen molar-refractivity contribution in [3.8, 4) is 0 Å². The molecule has 0 aromatic carbocycles. The molecule has 0 aromatic heterocycles. The van der Waals surface area contributed by atoms with Gasteiger partial charge in [-0.05, 0) is 25.8 Å². The van der Waals surface area contributed by atoms with Gasteiger partial charge < -0.3 is 14.7 Å². The molecule has 0 radical (unpaired) electrons. The third kappa shape index (κ3) is 1.23. The maximum atomic E-state index is 10.8. The molecule has 0 spiro atoms. The lowest BCUT2D eigenvalue weighted by atomic mass is 9.73. The van der Waals surface area contributed by atoms with Gasteiger partial charge >= 0.3 is 0 Å². The molecule has 14 heavy (non-hydrogen) atoms. The maximum Gasteiger partial charge on any atom is 0.0751 e. The lowest BCUT2D eigenvalue weighted by molar-refractivity contribution is -0.0911. The Kier molecular flexibility index (Phi) is 2.08. The van der Waals surface area contributed by atoms with Gasteiger partial charge in [-0.25, -0.2) is 0 Å². The largest absolute Gasteiger partial charge is 0.389 e. The van der Waals surface area contributed by atoms with Gasteiger partial charge in [0.05, 0.1) is 12.2 Å². The highest BCUT2D eigenvalue weighted by molar-refractivity contribution is 5.01. The Bertz CT molecular complexity index is 223. The summed E-state index contributed by atoms with van der Waals surface area (Å²) < 4.78 is 5.41. The number of ether oxygens (including phenoxy) is 1. The molecule has 0 aromatic rings. The molecule has 3 fully saturated rings. The van der Waals surface area contributed by atoms with Crippen LogP contribution in [0.15, 0.2) is 0 Å². The smallest absolute Gasteiger partial charge is 0.0751 e. The van der Waals surface area contributed by atoms with E-state index in [2.05, 4.69) is 4.90 Å². The summed E-state index contributed by atoms with van der Waals surface area (Å²) >= 11 is 0. The molecular weight excluding hydrogens is 178 g/mol. The van der Waals surface area contributed by atoms with Crippen LogP contribution in [0.3, 0.4) is 0 Å². The minimum absolute atomic E-state index is 0.399. The number of aliphatic hydroxyl groups is 1. The fourth-order valence-electron chi connectivity index (χ4n) is 3.45. The Hall–Kier alpha value is -0.120. The highest BCUT2D eigenvalue weighted by Gasteiger charge is 2.50. The Morgan fingerprint density at radius 1 is 1.21 bits per heavy atom. The molecule has 0 amide bonds. The van der Waals surface area contributed by atoms with E-state index in [1.165, 1.54) is 13.0 Å². The normalized spacial score (nSPS) is 52.5. The van der Waals surface area contributed by atoms with Gasteiger partial charge in [0.1, 0.15) is 0 Å². The third-order valence-electron chi connectivity index (χ3n) is 4.44. The van der Waals surface area contributed by atoms with E-state index in [0.29, 0.717) is 11.8 Å². The van der Waals surface area contributed by atoms with Crippen LogP contribution in [0, 0.1) is 11.8 Å². The first-order chi connectivity index (χ1) is 6.79. The lowest BCUT2D eigenvalue weighted by Crippen LogP contribution is -2.51. The van der Waals surface area contributed by atoms with Crippen molar-refractivity contribution >= 4 is 0 Å². The van der Waals surface area contributed by atoms with Crippen LogP contribution in [0.1, 0.15) is 19.3 Å². The van der Waals surface area contributed by atoms with Gasteiger partial charge in [-0.1, -0.05) is 0 Å². The van der Waals surface area contributed by atoms with Crippen molar-refractivity contribution in [1.82, 2.24) is 4.90 Å². The fraction of sp³-hybridized carbons (Fsp3) is 1.00. The Labute approximate surface area is 85.0 Å². The van der Waals surface area contributed by atoms with Gasteiger partial charge in [0, 0.05) is 31.5 Å². The summed E-state index contributed by atoms with van der Waals surface area (Å²) in [4.78, 5) is 2.48. The van der Waals surface area contributed by atoms with E-state index in [9.17, 15) is 5.11 Å². The van der Waals surface area contributed by atoms with E-state index in [-0.39, 0.29) is 0 Å². The molecule has 2 bridgehead atoms. The molecule has 4 unspecified atom stereocenters. The van der Waals surface area contributed by atoms with E-state index >= 15 is 0 Å². The van der Waals surface area contributed by atoms with E-state index in [0.717, 1.165) is 39.1 Å². The van der Waals surface area contributed by atoms with Crippen molar-refractivity contribution in [1.29, 1.82) is 0 Å². The summed E-state index contributed by atoms with van der Waals surface area (Å²) in [7, 11) is 0. The fourth-order valence-corrected chi connectivity index (χ4v) is 3.45. The lowest BCUT2D eigenvalue weighted by Gasteiger charge is -2.42. The van der Waals surface area contributed by atoms with Crippen molar-refractivity contribution in [2.75, 3.05) is 32.8 Å². The Balaban J connectivity index is 1.80. The van der Waals surface area contributed by atoms with E-state index < -0.39 is 5.60 Å². The molecule has 80 valence electrons. The summed E-state index contributed by atoms with van der Waals surface area (Å²) in [6, 6.07) is 0. The minimum atomic E-state index is -0.399. The van der Waals surface area contributed by atoms with Gasteiger partial charge in [0.25, 0.3) is 0 Å². The average molecular weight is 197 g/mol. The van der Waals surface area contributed by atoms with Gasteiger partial charge in [-0.2, -0.15) is 0 Å². The first-order valence-corrected chi connectivity index (χ1v) is 5.81. The van der Waals surface area contributed by atoms with Gasteiger partial charge in [0.15, 0.2) is 0 Å². The van der Waals surface area contributed by atoms with Crippen LogP contribution in [-0.4, -0.2) is 48.5 Å². The Morgan fingerprint density at radius 2 is 2.14 bits per heavy atom.